The van der Waals surface area contributed by atoms with E-state index in [0.29, 0.717) is 6.04 Å². The number of nitrogens with one attached hydrogen (secondary N) is 1. The quantitative estimate of drug-likeness (QED) is 0.680. The summed E-state index contributed by atoms with van der Waals surface area (Å²) in [5.74, 6) is 0. The summed E-state index contributed by atoms with van der Waals surface area (Å²) < 4.78 is 0. The molecule has 0 saturated carbocycles. The van der Waals surface area contributed by atoms with Gasteiger partial charge in [0.1, 0.15) is 5.01 Å². The normalized spacial score (nSPS) is 13.0. The van der Waals surface area contributed by atoms with Crippen LogP contribution < -0.4 is 11.1 Å². The fraction of sp³-hybridized carbons (Fsp3) is 0.700. The van der Waals surface area contributed by atoms with E-state index in [-0.39, 0.29) is 0 Å². The van der Waals surface area contributed by atoms with Gasteiger partial charge < -0.3 is 11.1 Å². The van der Waals surface area contributed by atoms with Crippen molar-refractivity contribution in [3.63, 3.8) is 0 Å². The molecule has 1 heterocycles. The third-order valence-electron chi connectivity index (χ3n) is 2.15. The number of nitrogens with zero attached hydrogens (tertiary/aromatic N) is 1. The van der Waals surface area contributed by atoms with Gasteiger partial charge in [0.2, 0.25) is 0 Å². The lowest BCUT2D eigenvalue weighted by atomic mass is 10.2. The summed E-state index contributed by atoms with van der Waals surface area (Å²) in [6.45, 7) is 4.02. The Balaban J connectivity index is 2.07. The van der Waals surface area contributed by atoms with E-state index in [1.807, 2.05) is 11.6 Å². The minimum absolute atomic E-state index is 0.382. The topological polar surface area (TPSA) is 50.9 Å². The molecule has 1 aromatic heterocycles. The first-order chi connectivity index (χ1) is 6.84. The first kappa shape index (κ1) is 11.6. The van der Waals surface area contributed by atoms with E-state index in [0.717, 1.165) is 19.5 Å². The van der Waals surface area contributed by atoms with Crippen molar-refractivity contribution in [1.29, 1.82) is 0 Å². The van der Waals surface area contributed by atoms with Gasteiger partial charge in [-0.2, -0.15) is 0 Å². The molecule has 1 rings (SSSR count). The van der Waals surface area contributed by atoms with Crippen LogP contribution in [0.15, 0.2) is 11.6 Å². The van der Waals surface area contributed by atoms with Crippen LogP contribution in [-0.2, 0) is 0 Å². The van der Waals surface area contributed by atoms with E-state index < -0.39 is 0 Å². The maximum Gasteiger partial charge on any atom is 0.109 e. The Labute approximate surface area is 89.7 Å². The standard InChI is InChI=1S/C10H19N3S/c1-9(10-13-7-8-14-10)12-6-4-2-3-5-11/h7-9,12H,2-6,11H2,1H3. The Morgan fingerprint density at radius 3 is 3.00 bits per heavy atom. The molecule has 80 valence electrons. The van der Waals surface area contributed by atoms with E-state index in [4.69, 9.17) is 5.73 Å². The predicted molar refractivity (Wildman–Crippen MR) is 61.4 cm³/mol. The van der Waals surface area contributed by atoms with Gasteiger partial charge in [0.05, 0.1) is 6.04 Å². The first-order valence-corrected chi connectivity index (χ1v) is 6.05. The van der Waals surface area contributed by atoms with Gasteiger partial charge in [-0.15, -0.1) is 11.3 Å². The maximum atomic E-state index is 5.42. The van der Waals surface area contributed by atoms with E-state index in [2.05, 4.69) is 17.2 Å². The van der Waals surface area contributed by atoms with Crippen LogP contribution in [0.3, 0.4) is 0 Å². The molecule has 1 unspecified atom stereocenters. The Morgan fingerprint density at radius 2 is 2.36 bits per heavy atom. The van der Waals surface area contributed by atoms with Gasteiger partial charge in [-0.3, -0.25) is 0 Å². The fourth-order valence-corrected chi connectivity index (χ4v) is 1.97. The Bertz CT molecular complexity index is 223. The van der Waals surface area contributed by atoms with Crippen molar-refractivity contribution >= 4 is 11.3 Å². The highest BCUT2D eigenvalue weighted by Crippen LogP contribution is 2.14. The molecule has 0 amide bonds. The van der Waals surface area contributed by atoms with Crippen LogP contribution in [0.2, 0.25) is 0 Å². The molecule has 1 atom stereocenters. The van der Waals surface area contributed by atoms with Gasteiger partial charge in [0.15, 0.2) is 0 Å². The second-order valence-corrected chi connectivity index (χ2v) is 4.32. The van der Waals surface area contributed by atoms with Crippen LogP contribution in [0.1, 0.15) is 37.2 Å². The molecule has 1 aromatic rings. The minimum Gasteiger partial charge on any atom is -0.330 e. The first-order valence-electron chi connectivity index (χ1n) is 5.17. The predicted octanol–water partition coefficient (Wildman–Crippen LogP) is 1.92. The van der Waals surface area contributed by atoms with Crippen molar-refractivity contribution in [3.05, 3.63) is 16.6 Å². The second-order valence-electron chi connectivity index (χ2n) is 3.40. The molecule has 3 N–H and O–H groups in total. The average Bonchev–Trinajstić information content (AvgIpc) is 2.70. The fourth-order valence-electron chi connectivity index (χ4n) is 1.30. The molecule has 0 aliphatic carbocycles. The number of nitrogens with two attached hydrogens (primary N) is 1. The SMILES string of the molecule is CC(NCCCCCN)c1nccs1. The number of hydrogen-bond acceptors (Lipinski definition) is 4. The van der Waals surface area contributed by atoms with Crippen LogP contribution in [0.25, 0.3) is 0 Å². The molecule has 0 spiro atoms. The van der Waals surface area contributed by atoms with Crippen molar-refractivity contribution in [2.75, 3.05) is 13.1 Å². The lowest BCUT2D eigenvalue weighted by Crippen LogP contribution is -2.19. The summed E-state index contributed by atoms with van der Waals surface area (Å²) in [7, 11) is 0. The van der Waals surface area contributed by atoms with Crippen molar-refractivity contribution in [2.24, 2.45) is 5.73 Å². The molecule has 0 saturated heterocycles. The molecular formula is C10H19N3S. The maximum absolute atomic E-state index is 5.42. The molecule has 0 aliphatic heterocycles. The Kier molecular flexibility index (Phi) is 5.75. The lowest BCUT2D eigenvalue weighted by molar-refractivity contribution is 0.538. The third kappa shape index (κ3) is 4.17. The zero-order valence-electron chi connectivity index (χ0n) is 8.70. The van der Waals surface area contributed by atoms with Gasteiger partial charge in [-0.25, -0.2) is 4.98 Å². The summed E-state index contributed by atoms with van der Waals surface area (Å²) in [5.41, 5.74) is 5.42. The Hall–Kier alpha value is -0.450. The third-order valence-corrected chi connectivity index (χ3v) is 3.11. The van der Waals surface area contributed by atoms with Crippen LogP contribution in [-0.4, -0.2) is 18.1 Å². The monoisotopic (exact) mass is 213 g/mol. The summed E-state index contributed by atoms with van der Waals surface area (Å²) >= 11 is 1.71. The molecule has 0 radical (unpaired) electrons. The summed E-state index contributed by atoms with van der Waals surface area (Å²) in [6, 6.07) is 0.382. The molecule has 4 heteroatoms. The van der Waals surface area contributed by atoms with E-state index in [1.165, 1.54) is 17.8 Å². The Morgan fingerprint density at radius 1 is 1.50 bits per heavy atom. The molecule has 14 heavy (non-hydrogen) atoms. The largest absolute Gasteiger partial charge is 0.330 e. The smallest absolute Gasteiger partial charge is 0.109 e. The number of unbranched alkanes of at least 4 members (excludes halogenated alkanes) is 2. The van der Waals surface area contributed by atoms with Crippen LogP contribution in [0, 0.1) is 0 Å². The molecule has 0 aliphatic rings. The van der Waals surface area contributed by atoms with Crippen LogP contribution in [0.5, 0.6) is 0 Å². The molecule has 3 nitrogen and oxygen atoms in total. The van der Waals surface area contributed by atoms with Crippen molar-refractivity contribution in [3.8, 4) is 0 Å². The highest BCUT2D eigenvalue weighted by Gasteiger charge is 2.05. The van der Waals surface area contributed by atoms with E-state index >= 15 is 0 Å². The number of rotatable bonds is 7. The minimum atomic E-state index is 0.382. The summed E-state index contributed by atoms with van der Waals surface area (Å²) in [4.78, 5) is 4.27. The van der Waals surface area contributed by atoms with Crippen molar-refractivity contribution in [1.82, 2.24) is 10.3 Å². The summed E-state index contributed by atoms with van der Waals surface area (Å²) in [5, 5.41) is 6.64. The van der Waals surface area contributed by atoms with Gasteiger partial charge in [-0.1, -0.05) is 6.42 Å². The zero-order chi connectivity index (χ0) is 10.2. The van der Waals surface area contributed by atoms with Crippen molar-refractivity contribution < 1.29 is 0 Å². The summed E-state index contributed by atoms with van der Waals surface area (Å²) in [6.07, 6.45) is 5.40. The molecule has 0 bridgehead atoms. The lowest BCUT2D eigenvalue weighted by Gasteiger charge is -2.10. The molecule has 0 aromatic carbocycles. The highest BCUT2D eigenvalue weighted by molar-refractivity contribution is 7.09. The van der Waals surface area contributed by atoms with Gasteiger partial charge >= 0.3 is 0 Å². The average molecular weight is 213 g/mol. The number of thiazole rings is 1. The number of aromatic nitrogens is 1. The van der Waals surface area contributed by atoms with Gasteiger partial charge in [-0.05, 0) is 32.9 Å². The van der Waals surface area contributed by atoms with E-state index in [9.17, 15) is 0 Å². The van der Waals surface area contributed by atoms with Gasteiger partial charge in [0, 0.05) is 11.6 Å². The van der Waals surface area contributed by atoms with E-state index in [1.54, 1.807) is 11.3 Å². The second kappa shape index (κ2) is 6.92. The zero-order valence-corrected chi connectivity index (χ0v) is 9.52. The highest BCUT2D eigenvalue weighted by atomic mass is 32.1. The van der Waals surface area contributed by atoms with Crippen LogP contribution in [0.4, 0.5) is 0 Å². The van der Waals surface area contributed by atoms with Crippen molar-refractivity contribution in [2.45, 2.75) is 32.2 Å². The van der Waals surface area contributed by atoms with Gasteiger partial charge in [0.25, 0.3) is 0 Å². The number of hydrogen-bond donors (Lipinski definition) is 2. The van der Waals surface area contributed by atoms with Crippen LogP contribution >= 0.6 is 11.3 Å². The molecule has 0 fully saturated rings. The molecular weight excluding hydrogens is 194 g/mol.